The molecule has 0 aromatic heterocycles. The predicted octanol–water partition coefficient (Wildman–Crippen LogP) is 4.76. The van der Waals surface area contributed by atoms with Gasteiger partial charge in [0.15, 0.2) is 0 Å². The van der Waals surface area contributed by atoms with E-state index in [1.165, 1.54) is 6.07 Å². The number of hydrogen-bond donors (Lipinski definition) is 1. The lowest BCUT2D eigenvalue weighted by atomic mass is 10.1. The van der Waals surface area contributed by atoms with Gasteiger partial charge in [-0.1, -0.05) is 24.3 Å². The molecule has 0 fully saturated rings. The highest BCUT2D eigenvalue weighted by Crippen LogP contribution is 2.26. The summed E-state index contributed by atoms with van der Waals surface area (Å²) in [5, 5.41) is 3.34. The van der Waals surface area contributed by atoms with Crippen LogP contribution < -0.4 is 5.32 Å². The second-order valence-corrected chi connectivity index (χ2v) is 4.76. The molecule has 17 heavy (non-hydrogen) atoms. The van der Waals surface area contributed by atoms with Crippen molar-refractivity contribution < 1.29 is 4.39 Å². The Balaban J connectivity index is 2.17. The molecule has 0 aliphatic rings. The summed E-state index contributed by atoms with van der Waals surface area (Å²) < 4.78 is 14.1. The van der Waals surface area contributed by atoms with Crippen molar-refractivity contribution in [1.29, 1.82) is 0 Å². The van der Waals surface area contributed by atoms with Crippen molar-refractivity contribution >= 4 is 21.6 Å². The Morgan fingerprint density at radius 3 is 2.59 bits per heavy atom. The Bertz CT molecular complexity index is 513. The molecule has 1 N–H and O–H groups in total. The van der Waals surface area contributed by atoms with Crippen LogP contribution in [-0.2, 0) is 0 Å². The van der Waals surface area contributed by atoms with Crippen LogP contribution in [0.2, 0.25) is 0 Å². The topological polar surface area (TPSA) is 12.0 Å². The van der Waals surface area contributed by atoms with Gasteiger partial charge in [-0.3, -0.25) is 0 Å². The average molecular weight is 294 g/mol. The van der Waals surface area contributed by atoms with Crippen LogP contribution in [0.3, 0.4) is 0 Å². The molecular weight excluding hydrogens is 281 g/mol. The molecule has 1 atom stereocenters. The summed E-state index contributed by atoms with van der Waals surface area (Å²) >= 11 is 3.48. The number of hydrogen-bond acceptors (Lipinski definition) is 1. The maximum Gasteiger partial charge on any atom is 0.123 e. The number of halogens is 2. The molecule has 0 bridgehead atoms. The summed E-state index contributed by atoms with van der Waals surface area (Å²) in [6.07, 6.45) is 0. The zero-order chi connectivity index (χ0) is 12.3. The first-order valence-electron chi connectivity index (χ1n) is 5.43. The monoisotopic (exact) mass is 293 g/mol. The molecule has 0 amide bonds. The Kier molecular flexibility index (Phi) is 3.79. The van der Waals surface area contributed by atoms with E-state index in [9.17, 15) is 4.39 Å². The number of rotatable bonds is 3. The lowest BCUT2D eigenvalue weighted by molar-refractivity contribution is 0.623. The molecule has 0 aliphatic carbocycles. The van der Waals surface area contributed by atoms with Crippen LogP contribution in [0.25, 0.3) is 0 Å². The fourth-order valence-electron chi connectivity index (χ4n) is 1.67. The van der Waals surface area contributed by atoms with Gasteiger partial charge >= 0.3 is 0 Å². The minimum atomic E-state index is -0.205. The first kappa shape index (κ1) is 12.1. The summed E-state index contributed by atoms with van der Waals surface area (Å²) in [5.74, 6) is -0.205. The van der Waals surface area contributed by atoms with E-state index in [1.54, 1.807) is 12.1 Å². The molecule has 0 aliphatic heterocycles. The maximum atomic E-state index is 13.1. The number of anilines is 1. The molecule has 0 saturated carbocycles. The lowest BCUT2D eigenvalue weighted by Crippen LogP contribution is -2.07. The Morgan fingerprint density at radius 1 is 1.12 bits per heavy atom. The molecule has 0 radical (unpaired) electrons. The van der Waals surface area contributed by atoms with Gasteiger partial charge < -0.3 is 5.32 Å². The predicted molar refractivity (Wildman–Crippen MR) is 72.6 cm³/mol. The van der Waals surface area contributed by atoms with Crippen LogP contribution in [0.4, 0.5) is 10.1 Å². The van der Waals surface area contributed by atoms with Gasteiger partial charge in [-0.25, -0.2) is 4.39 Å². The third-order valence-corrected chi connectivity index (χ3v) is 3.29. The zero-order valence-electron chi connectivity index (χ0n) is 9.45. The van der Waals surface area contributed by atoms with E-state index in [4.69, 9.17) is 0 Å². The van der Waals surface area contributed by atoms with E-state index in [2.05, 4.69) is 21.2 Å². The molecule has 1 nitrogen and oxygen atoms in total. The van der Waals surface area contributed by atoms with Gasteiger partial charge in [-0.15, -0.1) is 0 Å². The number of benzene rings is 2. The molecule has 0 saturated heterocycles. The maximum absolute atomic E-state index is 13.1. The van der Waals surface area contributed by atoms with Crippen LogP contribution >= 0.6 is 15.9 Å². The van der Waals surface area contributed by atoms with Crippen molar-refractivity contribution in [3.63, 3.8) is 0 Å². The second kappa shape index (κ2) is 5.32. The molecule has 2 rings (SSSR count). The lowest BCUT2D eigenvalue weighted by Gasteiger charge is -2.16. The fourth-order valence-corrected chi connectivity index (χ4v) is 2.07. The van der Waals surface area contributed by atoms with E-state index in [1.807, 2.05) is 37.3 Å². The summed E-state index contributed by atoms with van der Waals surface area (Å²) in [5.41, 5.74) is 1.94. The van der Waals surface area contributed by atoms with Gasteiger partial charge in [0.05, 0.1) is 0 Å². The summed E-state index contributed by atoms with van der Waals surface area (Å²) in [7, 11) is 0. The van der Waals surface area contributed by atoms with Crippen LogP contribution in [0, 0.1) is 5.82 Å². The molecular formula is C14H13BrFN. The van der Waals surface area contributed by atoms with Gasteiger partial charge in [-0.05, 0) is 52.7 Å². The summed E-state index contributed by atoms with van der Waals surface area (Å²) in [4.78, 5) is 0. The molecule has 88 valence electrons. The normalized spacial score (nSPS) is 12.2. The van der Waals surface area contributed by atoms with Crippen molar-refractivity contribution in [3.05, 3.63) is 64.4 Å². The SMILES string of the molecule is CC(Nc1ccccc1Br)c1cccc(F)c1. The van der Waals surface area contributed by atoms with Crippen molar-refractivity contribution in [1.82, 2.24) is 0 Å². The van der Waals surface area contributed by atoms with Gasteiger partial charge in [0.25, 0.3) is 0 Å². The molecule has 3 heteroatoms. The van der Waals surface area contributed by atoms with E-state index in [-0.39, 0.29) is 11.9 Å². The number of nitrogens with one attached hydrogen (secondary N) is 1. The highest BCUT2D eigenvalue weighted by molar-refractivity contribution is 9.10. The Hall–Kier alpha value is -1.35. The highest BCUT2D eigenvalue weighted by Gasteiger charge is 2.07. The third kappa shape index (κ3) is 3.07. The highest BCUT2D eigenvalue weighted by atomic mass is 79.9. The quantitative estimate of drug-likeness (QED) is 0.860. The van der Waals surface area contributed by atoms with Gasteiger partial charge in [0, 0.05) is 16.2 Å². The Morgan fingerprint density at radius 2 is 1.88 bits per heavy atom. The molecule has 0 heterocycles. The van der Waals surface area contributed by atoms with Crippen molar-refractivity contribution in [2.45, 2.75) is 13.0 Å². The van der Waals surface area contributed by atoms with Crippen LogP contribution in [0.15, 0.2) is 53.0 Å². The van der Waals surface area contributed by atoms with E-state index in [0.29, 0.717) is 0 Å². The standard InChI is InChI=1S/C14H13BrFN/c1-10(11-5-4-6-12(16)9-11)17-14-8-3-2-7-13(14)15/h2-10,17H,1H3. The first-order chi connectivity index (χ1) is 8.16. The van der Waals surface area contributed by atoms with Crippen molar-refractivity contribution in [2.24, 2.45) is 0 Å². The molecule has 2 aromatic carbocycles. The van der Waals surface area contributed by atoms with Crippen LogP contribution in [0.1, 0.15) is 18.5 Å². The van der Waals surface area contributed by atoms with E-state index >= 15 is 0 Å². The van der Waals surface area contributed by atoms with E-state index < -0.39 is 0 Å². The molecule has 0 spiro atoms. The van der Waals surface area contributed by atoms with Crippen molar-refractivity contribution in [3.8, 4) is 0 Å². The minimum absolute atomic E-state index is 0.0596. The molecule has 2 aromatic rings. The summed E-state index contributed by atoms with van der Waals surface area (Å²) in [6.45, 7) is 2.01. The zero-order valence-corrected chi connectivity index (χ0v) is 11.0. The van der Waals surface area contributed by atoms with Gasteiger partial charge in [0.1, 0.15) is 5.82 Å². The van der Waals surface area contributed by atoms with Crippen LogP contribution in [0.5, 0.6) is 0 Å². The third-order valence-electron chi connectivity index (χ3n) is 2.59. The molecule has 1 unspecified atom stereocenters. The first-order valence-corrected chi connectivity index (χ1v) is 6.22. The summed E-state index contributed by atoms with van der Waals surface area (Å²) in [6, 6.07) is 14.6. The smallest absolute Gasteiger partial charge is 0.123 e. The van der Waals surface area contributed by atoms with Gasteiger partial charge in [0.2, 0.25) is 0 Å². The second-order valence-electron chi connectivity index (χ2n) is 3.90. The Labute approximate surface area is 109 Å². The number of para-hydroxylation sites is 1. The van der Waals surface area contributed by atoms with Crippen molar-refractivity contribution in [2.75, 3.05) is 5.32 Å². The van der Waals surface area contributed by atoms with Crippen LogP contribution in [-0.4, -0.2) is 0 Å². The largest absolute Gasteiger partial charge is 0.378 e. The minimum Gasteiger partial charge on any atom is -0.378 e. The van der Waals surface area contributed by atoms with E-state index in [0.717, 1.165) is 15.7 Å². The van der Waals surface area contributed by atoms with Gasteiger partial charge in [-0.2, -0.15) is 0 Å². The average Bonchev–Trinajstić information content (AvgIpc) is 2.32. The fraction of sp³-hybridized carbons (Fsp3) is 0.143.